The first-order chi connectivity index (χ1) is 10.8. The van der Waals surface area contributed by atoms with E-state index in [0.29, 0.717) is 12.4 Å². The van der Waals surface area contributed by atoms with Gasteiger partial charge in [0.2, 0.25) is 11.8 Å². The molecule has 1 fully saturated rings. The molecule has 0 saturated heterocycles. The van der Waals surface area contributed by atoms with E-state index in [1.807, 2.05) is 12.1 Å². The molecule has 1 saturated carbocycles. The fourth-order valence-corrected chi connectivity index (χ4v) is 3.19. The third-order valence-electron chi connectivity index (χ3n) is 4.52. The van der Waals surface area contributed by atoms with Crippen LogP contribution in [0.25, 0.3) is 0 Å². The second-order valence-electron chi connectivity index (χ2n) is 6.19. The number of hydrogen-bond acceptors (Lipinski definition) is 3. The molecule has 0 unspecified atom stereocenters. The Hall–Kier alpha value is -1.84. The lowest BCUT2D eigenvalue weighted by Gasteiger charge is -2.18. The lowest BCUT2D eigenvalue weighted by Crippen LogP contribution is -2.31. The molecule has 0 spiro atoms. The van der Waals surface area contributed by atoms with Gasteiger partial charge >= 0.3 is 0 Å². The molecule has 0 radical (unpaired) electrons. The summed E-state index contributed by atoms with van der Waals surface area (Å²) in [5.74, 6) is 0.930. The molecule has 118 valence electrons. The van der Waals surface area contributed by atoms with Gasteiger partial charge in [0.25, 0.3) is 0 Å². The van der Waals surface area contributed by atoms with Crippen LogP contribution in [0.15, 0.2) is 30.5 Å². The predicted molar refractivity (Wildman–Crippen MR) is 85.4 cm³/mol. The molecular weight excluding hydrogens is 276 g/mol. The molecule has 0 bridgehead atoms. The summed E-state index contributed by atoms with van der Waals surface area (Å²) in [5.41, 5.74) is 0.967. The molecule has 1 atom stereocenters. The van der Waals surface area contributed by atoms with Gasteiger partial charge in [0, 0.05) is 24.2 Å². The number of aromatic nitrogens is 1. The molecule has 2 aliphatic rings. The molecule has 4 nitrogen and oxygen atoms in total. The van der Waals surface area contributed by atoms with Gasteiger partial charge in [-0.15, -0.1) is 0 Å². The highest BCUT2D eigenvalue weighted by molar-refractivity contribution is 5.79. The molecule has 1 N–H and O–H groups in total. The van der Waals surface area contributed by atoms with Crippen LogP contribution in [-0.4, -0.2) is 17.0 Å². The van der Waals surface area contributed by atoms with Gasteiger partial charge in [0.1, 0.15) is 6.10 Å². The normalized spacial score (nSPS) is 21.7. The molecular formula is C18H24N2O2. The van der Waals surface area contributed by atoms with Crippen LogP contribution >= 0.6 is 0 Å². The first kappa shape index (κ1) is 15.1. The monoisotopic (exact) mass is 300 g/mol. The van der Waals surface area contributed by atoms with Crippen molar-refractivity contribution in [1.29, 1.82) is 0 Å². The smallest absolute Gasteiger partial charge is 0.223 e. The lowest BCUT2D eigenvalue weighted by molar-refractivity contribution is -0.125. The fraction of sp³-hybridized carbons (Fsp3) is 0.556. The van der Waals surface area contributed by atoms with Crippen LogP contribution in [0.4, 0.5) is 0 Å². The maximum atomic E-state index is 12.2. The highest BCUT2D eigenvalue weighted by Gasteiger charge is 2.20. The van der Waals surface area contributed by atoms with Gasteiger partial charge < -0.3 is 10.1 Å². The maximum Gasteiger partial charge on any atom is 0.223 e. The maximum absolute atomic E-state index is 12.2. The van der Waals surface area contributed by atoms with Gasteiger partial charge in [-0.3, -0.25) is 4.79 Å². The number of pyridine rings is 1. The van der Waals surface area contributed by atoms with Crippen LogP contribution in [0, 0.1) is 5.92 Å². The summed E-state index contributed by atoms with van der Waals surface area (Å²) < 4.78 is 6.01. The van der Waals surface area contributed by atoms with Crippen molar-refractivity contribution in [2.45, 2.75) is 57.6 Å². The molecule has 1 aromatic rings. The van der Waals surface area contributed by atoms with E-state index in [4.69, 9.17) is 4.74 Å². The number of allylic oxidation sites excluding steroid dienone is 2. The van der Waals surface area contributed by atoms with E-state index in [9.17, 15) is 4.79 Å². The molecule has 0 aliphatic heterocycles. The zero-order valence-corrected chi connectivity index (χ0v) is 13.0. The second-order valence-corrected chi connectivity index (χ2v) is 6.19. The summed E-state index contributed by atoms with van der Waals surface area (Å²) >= 11 is 0. The number of carbonyl (C=O) groups is 1. The minimum Gasteiger partial charge on any atom is -0.474 e. The zero-order valence-electron chi connectivity index (χ0n) is 13.0. The van der Waals surface area contributed by atoms with E-state index >= 15 is 0 Å². The molecule has 1 heterocycles. The Labute approximate surface area is 132 Å². The summed E-state index contributed by atoms with van der Waals surface area (Å²) in [7, 11) is 0. The molecule has 1 aromatic heterocycles. The van der Waals surface area contributed by atoms with Gasteiger partial charge in [-0.1, -0.05) is 18.2 Å². The summed E-state index contributed by atoms with van der Waals surface area (Å²) in [6.07, 6.45) is 13.8. The van der Waals surface area contributed by atoms with Crippen LogP contribution in [0.3, 0.4) is 0 Å². The predicted octanol–water partition coefficient (Wildman–Crippen LogP) is 3.38. The minimum absolute atomic E-state index is 0.112. The number of nitrogens with zero attached hydrogens (tertiary/aromatic N) is 1. The van der Waals surface area contributed by atoms with E-state index in [2.05, 4.69) is 22.5 Å². The van der Waals surface area contributed by atoms with E-state index < -0.39 is 0 Å². The van der Waals surface area contributed by atoms with E-state index in [0.717, 1.165) is 37.7 Å². The number of rotatable bonds is 5. The van der Waals surface area contributed by atoms with Crippen molar-refractivity contribution in [3.05, 3.63) is 36.0 Å². The van der Waals surface area contributed by atoms with Crippen molar-refractivity contribution in [3.8, 4) is 5.88 Å². The van der Waals surface area contributed by atoms with Crippen LogP contribution in [0.1, 0.15) is 50.5 Å². The Morgan fingerprint density at radius 3 is 2.91 bits per heavy atom. The number of ether oxygens (including phenoxy) is 1. The number of hydrogen-bond donors (Lipinski definition) is 1. The van der Waals surface area contributed by atoms with Gasteiger partial charge in [0.15, 0.2) is 0 Å². The summed E-state index contributed by atoms with van der Waals surface area (Å²) in [6.45, 7) is 0.495. The van der Waals surface area contributed by atoms with Crippen LogP contribution < -0.4 is 10.1 Å². The average molecular weight is 300 g/mol. The Balaban J connectivity index is 1.57. The third-order valence-corrected chi connectivity index (χ3v) is 4.52. The molecule has 2 aliphatic carbocycles. The first-order valence-corrected chi connectivity index (χ1v) is 8.36. The zero-order chi connectivity index (χ0) is 15.2. The van der Waals surface area contributed by atoms with E-state index in [1.54, 1.807) is 6.20 Å². The molecule has 22 heavy (non-hydrogen) atoms. The summed E-state index contributed by atoms with van der Waals surface area (Å²) in [4.78, 5) is 16.6. The topological polar surface area (TPSA) is 51.2 Å². The second kappa shape index (κ2) is 7.43. The third kappa shape index (κ3) is 3.87. The Morgan fingerprint density at radius 2 is 2.14 bits per heavy atom. The Morgan fingerprint density at radius 1 is 1.27 bits per heavy atom. The van der Waals surface area contributed by atoms with Crippen molar-refractivity contribution in [2.75, 3.05) is 0 Å². The van der Waals surface area contributed by atoms with Gasteiger partial charge in [-0.25, -0.2) is 4.98 Å². The highest BCUT2D eigenvalue weighted by Crippen LogP contribution is 2.25. The minimum atomic E-state index is 0.112. The quantitative estimate of drug-likeness (QED) is 0.848. The standard InChI is InChI=1S/C18H24N2O2/c21-17(14-7-2-1-3-8-14)20-13-15-9-6-12-19-18(15)22-16-10-4-5-11-16/h1-2,6,9,12,14,16H,3-5,7-8,10-11,13H2,(H,20,21)/t14-/m0/s1. The van der Waals surface area contributed by atoms with Gasteiger partial charge in [-0.2, -0.15) is 0 Å². The lowest BCUT2D eigenvalue weighted by atomic mass is 9.93. The highest BCUT2D eigenvalue weighted by atomic mass is 16.5. The number of carbonyl (C=O) groups excluding carboxylic acids is 1. The largest absolute Gasteiger partial charge is 0.474 e. The van der Waals surface area contributed by atoms with Crippen LogP contribution in [0.5, 0.6) is 5.88 Å². The molecule has 4 heteroatoms. The van der Waals surface area contributed by atoms with Crippen molar-refractivity contribution in [1.82, 2.24) is 10.3 Å². The fourth-order valence-electron chi connectivity index (χ4n) is 3.19. The molecule has 3 rings (SSSR count). The van der Waals surface area contributed by atoms with Gasteiger partial charge in [-0.05, 0) is 51.0 Å². The first-order valence-electron chi connectivity index (χ1n) is 8.36. The Bertz CT molecular complexity index is 536. The van der Waals surface area contributed by atoms with Gasteiger partial charge in [0.05, 0.1) is 0 Å². The molecule has 1 amide bonds. The van der Waals surface area contributed by atoms with Crippen molar-refractivity contribution in [2.24, 2.45) is 5.92 Å². The van der Waals surface area contributed by atoms with Crippen LogP contribution in [0.2, 0.25) is 0 Å². The van der Waals surface area contributed by atoms with E-state index in [-0.39, 0.29) is 17.9 Å². The number of nitrogens with one attached hydrogen (secondary N) is 1. The molecule has 0 aromatic carbocycles. The van der Waals surface area contributed by atoms with Crippen molar-refractivity contribution in [3.63, 3.8) is 0 Å². The Kier molecular flexibility index (Phi) is 5.09. The number of amides is 1. The SMILES string of the molecule is O=C(NCc1cccnc1OC1CCCC1)[C@H]1CC=CCC1. The van der Waals surface area contributed by atoms with E-state index in [1.165, 1.54) is 12.8 Å². The summed E-state index contributed by atoms with van der Waals surface area (Å²) in [5, 5.41) is 3.04. The van der Waals surface area contributed by atoms with Crippen molar-refractivity contribution < 1.29 is 9.53 Å². The van der Waals surface area contributed by atoms with Crippen LogP contribution in [-0.2, 0) is 11.3 Å². The van der Waals surface area contributed by atoms with Crippen molar-refractivity contribution >= 4 is 5.91 Å². The average Bonchev–Trinajstić information content (AvgIpc) is 3.07. The summed E-state index contributed by atoms with van der Waals surface area (Å²) in [6, 6.07) is 3.88.